The number of halogens is 2. The molecule has 2 fully saturated rings. The zero-order valence-electron chi connectivity index (χ0n) is 15.3. The van der Waals surface area contributed by atoms with Crippen LogP contribution in [0.4, 0.5) is 10.5 Å². The first-order valence-electron chi connectivity index (χ1n) is 8.90. The Bertz CT molecular complexity index is 1040. The van der Waals surface area contributed by atoms with Gasteiger partial charge in [0, 0.05) is 34.8 Å². The molecule has 3 N–H and O–H groups in total. The molecule has 4 rings (SSSR count). The standard InChI is InChI=1S/C18H17Cl2N5O4/c1-25-17(27)11(8-2-3-8)4-10(23-25)5-12-13(19)6-9(7-14(12)20)21-16(26)15-22-18(28)29-24-15/h4,6-8,15,24H,2-3,5H2,1H3,(H,21,26)(H,22,28). The van der Waals surface area contributed by atoms with Crippen LogP contribution in [0.25, 0.3) is 0 Å². The van der Waals surface area contributed by atoms with Crippen LogP contribution in [-0.4, -0.2) is 27.9 Å². The van der Waals surface area contributed by atoms with E-state index in [0.29, 0.717) is 39.3 Å². The molecule has 0 radical (unpaired) electrons. The second kappa shape index (κ2) is 7.66. The van der Waals surface area contributed by atoms with E-state index in [-0.39, 0.29) is 5.56 Å². The van der Waals surface area contributed by atoms with Crippen molar-refractivity contribution < 1.29 is 14.4 Å². The molecule has 2 heterocycles. The Hall–Kier alpha value is -2.62. The molecule has 1 aromatic carbocycles. The van der Waals surface area contributed by atoms with E-state index in [0.717, 1.165) is 18.4 Å². The fourth-order valence-electron chi connectivity index (χ4n) is 3.12. The number of carbonyl (C=O) groups excluding carboxylic acids is 2. The summed E-state index contributed by atoms with van der Waals surface area (Å²) < 4.78 is 1.34. The maximum atomic E-state index is 12.2. The van der Waals surface area contributed by atoms with Crippen LogP contribution in [0.5, 0.6) is 0 Å². The molecule has 2 amide bonds. The lowest BCUT2D eigenvalue weighted by atomic mass is 10.1. The van der Waals surface area contributed by atoms with E-state index in [2.05, 4.69) is 26.0 Å². The average Bonchev–Trinajstić information content (AvgIpc) is 3.41. The summed E-state index contributed by atoms with van der Waals surface area (Å²) in [6.07, 6.45) is 0.599. The summed E-state index contributed by atoms with van der Waals surface area (Å²) in [4.78, 5) is 39.8. The number of hydrogen-bond donors (Lipinski definition) is 3. The molecule has 1 saturated heterocycles. The molecular formula is C18H17Cl2N5O4. The Morgan fingerprint density at radius 2 is 1.97 bits per heavy atom. The zero-order chi connectivity index (χ0) is 20.7. The van der Waals surface area contributed by atoms with Crippen molar-refractivity contribution in [1.29, 1.82) is 0 Å². The number of nitrogens with one attached hydrogen (secondary N) is 3. The number of aryl methyl sites for hydroxylation is 1. The molecule has 152 valence electrons. The molecule has 1 aliphatic carbocycles. The van der Waals surface area contributed by atoms with Gasteiger partial charge in [-0.2, -0.15) is 5.10 Å². The summed E-state index contributed by atoms with van der Waals surface area (Å²) in [6, 6.07) is 4.93. The normalized spacial score (nSPS) is 18.3. The summed E-state index contributed by atoms with van der Waals surface area (Å²) in [6.45, 7) is 0. The van der Waals surface area contributed by atoms with Crippen molar-refractivity contribution >= 4 is 40.9 Å². The average molecular weight is 438 g/mol. The van der Waals surface area contributed by atoms with Gasteiger partial charge in [0.2, 0.25) is 0 Å². The number of anilines is 1. The van der Waals surface area contributed by atoms with Crippen molar-refractivity contribution in [1.82, 2.24) is 20.6 Å². The van der Waals surface area contributed by atoms with Crippen LogP contribution < -0.4 is 21.7 Å². The van der Waals surface area contributed by atoms with Crippen molar-refractivity contribution in [3.63, 3.8) is 0 Å². The second-order valence-electron chi connectivity index (χ2n) is 6.96. The van der Waals surface area contributed by atoms with E-state index in [1.54, 1.807) is 19.2 Å². The quantitative estimate of drug-likeness (QED) is 0.659. The van der Waals surface area contributed by atoms with Crippen molar-refractivity contribution in [3.8, 4) is 0 Å². The highest BCUT2D eigenvalue weighted by molar-refractivity contribution is 6.36. The minimum absolute atomic E-state index is 0.0805. The van der Waals surface area contributed by atoms with E-state index < -0.39 is 18.2 Å². The van der Waals surface area contributed by atoms with Gasteiger partial charge >= 0.3 is 6.09 Å². The molecule has 1 unspecified atom stereocenters. The van der Waals surface area contributed by atoms with Crippen LogP contribution in [0.15, 0.2) is 23.0 Å². The molecular weight excluding hydrogens is 421 g/mol. The van der Waals surface area contributed by atoms with Gasteiger partial charge in [-0.3, -0.25) is 14.9 Å². The largest absolute Gasteiger partial charge is 0.427 e. The molecule has 29 heavy (non-hydrogen) atoms. The molecule has 11 heteroatoms. The Balaban J connectivity index is 1.54. The maximum Gasteiger partial charge on any atom is 0.427 e. The van der Waals surface area contributed by atoms with Crippen LogP contribution in [0.3, 0.4) is 0 Å². The molecule has 2 aromatic rings. The molecule has 1 saturated carbocycles. The van der Waals surface area contributed by atoms with Gasteiger partial charge in [-0.1, -0.05) is 23.2 Å². The van der Waals surface area contributed by atoms with Crippen molar-refractivity contribution in [2.24, 2.45) is 7.05 Å². The highest BCUT2D eigenvalue weighted by atomic mass is 35.5. The third kappa shape index (κ3) is 4.21. The number of rotatable bonds is 5. The minimum Gasteiger partial charge on any atom is -0.351 e. The summed E-state index contributed by atoms with van der Waals surface area (Å²) in [5, 5.41) is 9.88. The first-order chi connectivity index (χ1) is 13.8. The lowest BCUT2D eigenvalue weighted by molar-refractivity contribution is -0.119. The molecule has 1 aromatic heterocycles. The molecule has 1 atom stereocenters. The number of amides is 2. The van der Waals surface area contributed by atoms with Crippen LogP contribution in [0, 0.1) is 0 Å². The lowest BCUT2D eigenvalue weighted by Crippen LogP contribution is -2.43. The smallest absolute Gasteiger partial charge is 0.351 e. The molecule has 9 nitrogen and oxygen atoms in total. The summed E-state index contributed by atoms with van der Waals surface area (Å²) in [5.74, 6) is -0.239. The Labute approximate surface area is 175 Å². The molecule has 0 spiro atoms. The number of aromatic nitrogens is 2. The summed E-state index contributed by atoms with van der Waals surface area (Å²) in [5.41, 5.74) is 4.62. The van der Waals surface area contributed by atoms with E-state index in [9.17, 15) is 14.4 Å². The first kappa shape index (κ1) is 19.7. The van der Waals surface area contributed by atoms with Crippen LogP contribution in [0.2, 0.25) is 10.0 Å². The summed E-state index contributed by atoms with van der Waals surface area (Å²) in [7, 11) is 1.62. The molecule has 0 bridgehead atoms. The van der Waals surface area contributed by atoms with Gasteiger partial charge in [-0.15, -0.1) is 5.48 Å². The predicted octanol–water partition coefficient (Wildman–Crippen LogP) is 2.06. The van der Waals surface area contributed by atoms with Crippen molar-refractivity contribution in [2.75, 3.05) is 5.32 Å². The number of nitrogens with zero attached hydrogens (tertiary/aromatic N) is 2. The van der Waals surface area contributed by atoms with Crippen LogP contribution >= 0.6 is 23.2 Å². The lowest BCUT2D eigenvalue weighted by Gasteiger charge is -2.13. The second-order valence-corrected chi connectivity index (χ2v) is 7.78. The Morgan fingerprint density at radius 1 is 1.28 bits per heavy atom. The van der Waals surface area contributed by atoms with Gasteiger partial charge in [0.25, 0.3) is 11.5 Å². The summed E-state index contributed by atoms with van der Waals surface area (Å²) >= 11 is 12.8. The Morgan fingerprint density at radius 3 is 2.55 bits per heavy atom. The monoisotopic (exact) mass is 437 g/mol. The first-order valence-corrected chi connectivity index (χ1v) is 9.66. The minimum atomic E-state index is -1.02. The molecule has 1 aliphatic heterocycles. The number of benzene rings is 1. The predicted molar refractivity (Wildman–Crippen MR) is 106 cm³/mol. The Kier molecular flexibility index (Phi) is 5.20. The highest BCUT2D eigenvalue weighted by Gasteiger charge is 2.29. The van der Waals surface area contributed by atoms with Gasteiger partial charge in [0.15, 0.2) is 6.17 Å². The fourth-order valence-corrected chi connectivity index (χ4v) is 3.74. The van der Waals surface area contributed by atoms with E-state index in [4.69, 9.17) is 23.2 Å². The van der Waals surface area contributed by atoms with E-state index in [1.165, 1.54) is 4.68 Å². The van der Waals surface area contributed by atoms with Crippen molar-refractivity contribution in [3.05, 3.63) is 55.4 Å². The van der Waals surface area contributed by atoms with Gasteiger partial charge in [-0.25, -0.2) is 9.48 Å². The van der Waals surface area contributed by atoms with Gasteiger partial charge in [-0.05, 0) is 42.5 Å². The van der Waals surface area contributed by atoms with E-state index in [1.807, 2.05) is 6.07 Å². The zero-order valence-corrected chi connectivity index (χ0v) is 16.8. The molecule has 2 aliphatic rings. The maximum absolute atomic E-state index is 12.2. The van der Waals surface area contributed by atoms with E-state index >= 15 is 0 Å². The van der Waals surface area contributed by atoms with Gasteiger partial charge in [0.1, 0.15) is 0 Å². The fraction of sp³-hybridized carbons (Fsp3) is 0.333. The number of hydroxylamine groups is 1. The van der Waals surface area contributed by atoms with Crippen LogP contribution in [-0.2, 0) is 23.1 Å². The topological polar surface area (TPSA) is 114 Å². The SMILES string of the molecule is Cn1nc(Cc2c(Cl)cc(NC(=O)C3NOC(=O)N3)cc2Cl)cc(C2CC2)c1=O. The van der Waals surface area contributed by atoms with Gasteiger partial charge in [0.05, 0.1) is 5.69 Å². The van der Waals surface area contributed by atoms with Crippen molar-refractivity contribution in [2.45, 2.75) is 31.3 Å². The third-order valence-electron chi connectivity index (χ3n) is 4.72. The van der Waals surface area contributed by atoms with Crippen LogP contribution in [0.1, 0.15) is 35.6 Å². The highest BCUT2D eigenvalue weighted by Crippen LogP contribution is 2.38. The number of carbonyl (C=O) groups is 2. The number of hydrogen-bond acceptors (Lipinski definition) is 6. The van der Waals surface area contributed by atoms with Gasteiger partial charge < -0.3 is 10.2 Å². The third-order valence-corrected chi connectivity index (χ3v) is 5.39.